The van der Waals surface area contributed by atoms with Crippen molar-refractivity contribution in [3.8, 4) is 11.3 Å². The molecular formula is C13H8N2S2. The first-order chi connectivity index (χ1) is 8.43. The molecule has 0 aliphatic heterocycles. The third-order valence-electron chi connectivity index (χ3n) is 2.90. The fourth-order valence-electron chi connectivity index (χ4n) is 2.09. The first kappa shape index (κ1) is 9.39. The summed E-state index contributed by atoms with van der Waals surface area (Å²) in [5, 5.41) is 5.73. The van der Waals surface area contributed by atoms with Gasteiger partial charge in [-0.3, -0.25) is 4.40 Å². The lowest BCUT2D eigenvalue weighted by Crippen LogP contribution is -1.81. The molecule has 0 aliphatic carbocycles. The molecule has 0 spiro atoms. The second-order valence-corrected chi connectivity index (χ2v) is 5.59. The minimum atomic E-state index is 1.05. The highest BCUT2D eigenvalue weighted by atomic mass is 32.1. The second-order valence-electron chi connectivity index (χ2n) is 3.85. The number of aromatic nitrogens is 2. The van der Waals surface area contributed by atoms with Gasteiger partial charge in [0.15, 0.2) is 4.96 Å². The molecule has 2 nitrogen and oxygen atoms in total. The first-order valence-electron chi connectivity index (χ1n) is 5.30. The van der Waals surface area contributed by atoms with E-state index in [-0.39, 0.29) is 0 Å². The van der Waals surface area contributed by atoms with Gasteiger partial charge in [0, 0.05) is 38.8 Å². The standard InChI is InChI=1S/C13H8N2S2/c1-2-4-12-9(3-1)10(7-16-12)11-8-17-13-14-5-6-15(11)13/h1-8H. The minimum Gasteiger partial charge on any atom is -0.290 e. The maximum atomic E-state index is 4.31. The van der Waals surface area contributed by atoms with Crippen molar-refractivity contribution in [2.45, 2.75) is 0 Å². The fourth-order valence-corrected chi connectivity index (χ4v) is 3.90. The Labute approximate surface area is 106 Å². The van der Waals surface area contributed by atoms with E-state index in [0.717, 1.165) is 4.96 Å². The zero-order chi connectivity index (χ0) is 11.2. The summed E-state index contributed by atoms with van der Waals surface area (Å²) in [5.41, 5.74) is 2.54. The van der Waals surface area contributed by atoms with E-state index in [4.69, 9.17) is 0 Å². The molecule has 1 aromatic carbocycles. The molecule has 0 radical (unpaired) electrons. The van der Waals surface area contributed by atoms with Gasteiger partial charge >= 0.3 is 0 Å². The molecule has 0 bridgehead atoms. The number of rotatable bonds is 1. The number of hydrogen-bond acceptors (Lipinski definition) is 3. The molecule has 4 rings (SSSR count). The normalized spacial score (nSPS) is 11.5. The van der Waals surface area contributed by atoms with Crippen LogP contribution >= 0.6 is 22.7 Å². The second kappa shape index (κ2) is 3.42. The fraction of sp³-hybridized carbons (Fsp3) is 0. The number of hydrogen-bond donors (Lipinski definition) is 0. The Morgan fingerprint density at radius 1 is 1.06 bits per heavy atom. The summed E-state index contributed by atoms with van der Waals surface area (Å²) in [6.07, 6.45) is 3.87. The van der Waals surface area contributed by atoms with Gasteiger partial charge in [0.05, 0.1) is 5.69 Å². The van der Waals surface area contributed by atoms with Crippen molar-refractivity contribution in [2.75, 3.05) is 0 Å². The number of fused-ring (bicyclic) bond motifs is 2. The summed E-state index contributed by atoms with van der Waals surface area (Å²) in [6.45, 7) is 0. The molecule has 4 aromatic rings. The van der Waals surface area contributed by atoms with Gasteiger partial charge < -0.3 is 0 Å². The smallest absolute Gasteiger partial charge is 0.194 e. The summed E-state index contributed by atoms with van der Waals surface area (Å²) in [4.78, 5) is 5.37. The Balaban J connectivity index is 2.09. The predicted molar refractivity (Wildman–Crippen MR) is 73.9 cm³/mol. The monoisotopic (exact) mass is 256 g/mol. The number of imidazole rings is 1. The molecule has 3 heterocycles. The summed E-state index contributed by atoms with van der Waals surface area (Å²) < 4.78 is 3.49. The predicted octanol–water partition coefficient (Wildman–Crippen LogP) is 4.28. The van der Waals surface area contributed by atoms with Crippen LogP contribution in [0.3, 0.4) is 0 Å². The van der Waals surface area contributed by atoms with Crippen molar-refractivity contribution >= 4 is 37.7 Å². The van der Waals surface area contributed by atoms with Gasteiger partial charge in [0.25, 0.3) is 0 Å². The van der Waals surface area contributed by atoms with E-state index in [9.17, 15) is 0 Å². The minimum absolute atomic E-state index is 1.05. The topological polar surface area (TPSA) is 17.3 Å². The molecule has 3 aromatic heterocycles. The van der Waals surface area contributed by atoms with Gasteiger partial charge in [-0.2, -0.15) is 0 Å². The van der Waals surface area contributed by atoms with Crippen molar-refractivity contribution in [3.63, 3.8) is 0 Å². The zero-order valence-corrected chi connectivity index (χ0v) is 10.5. The van der Waals surface area contributed by atoms with Crippen LogP contribution in [-0.4, -0.2) is 9.38 Å². The molecular weight excluding hydrogens is 248 g/mol. The van der Waals surface area contributed by atoms with Crippen LogP contribution < -0.4 is 0 Å². The Morgan fingerprint density at radius 3 is 3.00 bits per heavy atom. The summed E-state index contributed by atoms with van der Waals surface area (Å²) in [6, 6.07) is 8.53. The summed E-state index contributed by atoms with van der Waals surface area (Å²) >= 11 is 3.48. The van der Waals surface area contributed by atoms with E-state index >= 15 is 0 Å². The van der Waals surface area contributed by atoms with Crippen molar-refractivity contribution < 1.29 is 0 Å². The van der Waals surface area contributed by atoms with Crippen molar-refractivity contribution in [3.05, 3.63) is 47.4 Å². The van der Waals surface area contributed by atoms with Crippen LogP contribution in [0.2, 0.25) is 0 Å². The Morgan fingerprint density at radius 2 is 2.00 bits per heavy atom. The highest BCUT2D eigenvalue weighted by Crippen LogP contribution is 2.35. The Kier molecular flexibility index (Phi) is 1.89. The largest absolute Gasteiger partial charge is 0.290 e. The maximum absolute atomic E-state index is 4.31. The Hall–Kier alpha value is -1.65. The van der Waals surface area contributed by atoms with Gasteiger partial charge in [-0.1, -0.05) is 18.2 Å². The highest BCUT2D eigenvalue weighted by Gasteiger charge is 2.10. The lowest BCUT2D eigenvalue weighted by molar-refractivity contribution is 1.24. The van der Waals surface area contributed by atoms with Gasteiger partial charge in [-0.15, -0.1) is 22.7 Å². The van der Waals surface area contributed by atoms with E-state index < -0.39 is 0 Å². The van der Waals surface area contributed by atoms with Crippen LogP contribution in [0.15, 0.2) is 47.4 Å². The van der Waals surface area contributed by atoms with Crippen molar-refractivity contribution in [1.82, 2.24) is 9.38 Å². The molecule has 17 heavy (non-hydrogen) atoms. The Bertz CT molecular complexity index is 807. The average molecular weight is 256 g/mol. The van der Waals surface area contributed by atoms with Crippen LogP contribution in [0.25, 0.3) is 26.3 Å². The zero-order valence-electron chi connectivity index (χ0n) is 8.83. The maximum Gasteiger partial charge on any atom is 0.194 e. The molecule has 4 heteroatoms. The molecule has 0 amide bonds. The van der Waals surface area contributed by atoms with Crippen LogP contribution in [0.1, 0.15) is 0 Å². The van der Waals surface area contributed by atoms with E-state index in [1.807, 2.05) is 12.4 Å². The molecule has 0 fully saturated rings. The molecule has 0 N–H and O–H groups in total. The van der Waals surface area contributed by atoms with Crippen LogP contribution in [0, 0.1) is 0 Å². The van der Waals surface area contributed by atoms with E-state index in [2.05, 4.69) is 44.4 Å². The first-order valence-corrected chi connectivity index (χ1v) is 7.06. The number of benzene rings is 1. The average Bonchev–Trinajstić information content (AvgIpc) is 3.02. The van der Waals surface area contributed by atoms with Crippen LogP contribution in [0.5, 0.6) is 0 Å². The van der Waals surface area contributed by atoms with Gasteiger partial charge in [-0.05, 0) is 6.07 Å². The van der Waals surface area contributed by atoms with Gasteiger partial charge in [-0.25, -0.2) is 4.98 Å². The van der Waals surface area contributed by atoms with Gasteiger partial charge in [0.1, 0.15) is 0 Å². The molecule has 0 unspecified atom stereocenters. The van der Waals surface area contributed by atoms with Crippen LogP contribution in [0.4, 0.5) is 0 Å². The number of thiazole rings is 1. The lowest BCUT2D eigenvalue weighted by Gasteiger charge is -1.97. The third kappa shape index (κ3) is 1.28. The van der Waals surface area contributed by atoms with Crippen molar-refractivity contribution in [2.24, 2.45) is 0 Å². The van der Waals surface area contributed by atoms with Crippen molar-refractivity contribution in [1.29, 1.82) is 0 Å². The third-order valence-corrected chi connectivity index (χ3v) is 4.72. The van der Waals surface area contributed by atoms with E-state index in [1.165, 1.54) is 21.3 Å². The quantitative estimate of drug-likeness (QED) is 0.497. The molecule has 82 valence electrons. The lowest BCUT2D eigenvalue weighted by atomic mass is 10.1. The highest BCUT2D eigenvalue weighted by molar-refractivity contribution is 7.18. The van der Waals surface area contributed by atoms with Gasteiger partial charge in [0.2, 0.25) is 0 Å². The molecule has 0 saturated heterocycles. The molecule has 0 saturated carbocycles. The van der Waals surface area contributed by atoms with Crippen LogP contribution in [-0.2, 0) is 0 Å². The number of nitrogens with zero attached hydrogens (tertiary/aromatic N) is 2. The summed E-state index contributed by atoms with van der Waals surface area (Å²) in [7, 11) is 0. The SMILES string of the molecule is c1ccc2c(-c3csc4nccn34)csc2c1. The molecule has 0 atom stereocenters. The van der Waals surface area contributed by atoms with E-state index in [0.29, 0.717) is 0 Å². The summed E-state index contributed by atoms with van der Waals surface area (Å²) in [5.74, 6) is 0. The van der Waals surface area contributed by atoms with E-state index in [1.54, 1.807) is 22.7 Å². The number of thiophene rings is 1. The molecule has 0 aliphatic rings.